The largest absolute Gasteiger partial charge is 0.508 e. The number of halogens is 2. The van der Waals surface area contributed by atoms with E-state index in [4.69, 9.17) is 16.7 Å². The molecule has 0 aliphatic heterocycles. The molecule has 0 aliphatic rings. The van der Waals surface area contributed by atoms with Gasteiger partial charge in [0.05, 0.1) is 5.56 Å². The molecule has 17 heavy (non-hydrogen) atoms. The van der Waals surface area contributed by atoms with Crippen LogP contribution in [0, 0.1) is 5.82 Å². The average Bonchev–Trinajstić information content (AvgIpc) is 2.28. The quantitative estimate of drug-likeness (QED) is 0.799. The standard InChI is InChI=1S/C12H15ClFNO2/c1-2-8(13)5-6-15-12(17)10-4-3-9(16)7-11(10)14/h3-4,7-8,16H,2,5-6H2,1H3,(H,15,17). The van der Waals surface area contributed by atoms with Gasteiger partial charge in [-0.05, 0) is 25.0 Å². The third kappa shape index (κ3) is 4.23. The number of phenols is 1. The van der Waals surface area contributed by atoms with Crippen LogP contribution in [0.4, 0.5) is 4.39 Å². The SMILES string of the molecule is CCC(Cl)CCNC(=O)c1ccc(O)cc1F. The Bertz CT molecular complexity index is 398. The number of carbonyl (C=O) groups excluding carboxylic acids is 1. The molecule has 1 amide bonds. The van der Waals surface area contributed by atoms with Gasteiger partial charge in [0.1, 0.15) is 11.6 Å². The van der Waals surface area contributed by atoms with Crippen molar-refractivity contribution in [3.05, 3.63) is 29.6 Å². The first kappa shape index (κ1) is 13.8. The molecule has 0 aromatic heterocycles. The molecule has 1 aromatic carbocycles. The maximum atomic E-state index is 13.3. The van der Waals surface area contributed by atoms with Crippen molar-refractivity contribution in [1.82, 2.24) is 5.32 Å². The summed E-state index contributed by atoms with van der Waals surface area (Å²) in [5.74, 6) is -1.44. The second kappa shape index (κ2) is 6.45. The van der Waals surface area contributed by atoms with Gasteiger partial charge in [-0.1, -0.05) is 6.92 Å². The van der Waals surface area contributed by atoms with Crippen molar-refractivity contribution in [2.24, 2.45) is 0 Å². The van der Waals surface area contributed by atoms with Crippen LogP contribution in [0.15, 0.2) is 18.2 Å². The van der Waals surface area contributed by atoms with Crippen molar-refractivity contribution in [3.63, 3.8) is 0 Å². The number of aromatic hydroxyl groups is 1. The first-order valence-electron chi connectivity index (χ1n) is 5.45. The van der Waals surface area contributed by atoms with Gasteiger partial charge in [0.25, 0.3) is 5.91 Å². The topological polar surface area (TPSA) is 49.3 Å². The van der Waals surface area contributed by atoms with Crippen molar-refractivity contribution >= 4 is 17.5 Å². The van der Waals surface area contributed by atoms with Gasteiger partial charge in [0.15, 0.2) is 0 Å². The van der Waals surface area contributed by atoms with Crippen LogP contribution in [0.3, 0.4) is 0 Å². The predicted octanol–water partition coefficient (Wildman–Crippen LogP) is 2.67. The zero-order chi connectivity index (χ0) is 12.8. The molecule has 0 radical (unpaired) electrons. The molecular weight excluding hydrogens is 245 g/mol. The molecule has 5 heteroatoms. The number of nitrogens with one attached hydrogen (secondary N) is 1. The molecule has 0 bridgehead atoms. The lowest BCUT2D eigenvalue weighted by atomic mass is 10.2. The van der Waals surface area contributed by atoms with E-state index in [1.54, 1.807) is 0 Å². The van der Waals surface area contributed by atoms with E-state index in [2.05, 4.69) is 5.32 Å². The number of benzene rings is 1. The lowest BCUT2D eigenvalue weighted by Crippen LogP contribution is -2.26. The minimum Gasteiger partial charge on any atom is -0.508 e. The van der Waals surface area contributed by atoms with E-state index in [1.165, 1.54) is 12.1 Å². The van der Waals surface area contributed by atoms with Gasteiger partial charge in [-0.25, -0.2) is 4.39 Å². The molecule has 1 rings (SSSR count). The van der Waals surface area contributed by atoms with Crippen molar-refractivity contribution < 1.29 is 14.3 Å². The van der Waals surface area contributed by atoms with Crippen LogP contribution in [0.5, 0.6) is 5.75 Å². The van der Waals surface area contributed by atoms with E-state index in [0.29, 0.717) is 13.0 Å². The first-order chi connectivity index (χ1) is 8.04. The Morgan fingerprint density at radius 1 is 1.59 bits per heavy atom. The molecule has 94 valence electrons. The number of carbonyl (C=O) groups is 1. The van der Waals surface area contributed by atoms with Crippen molar-refractivity contribution in [2.75, 3.05) is 6.54 Å². The van der Waals surface area contributed by atoms with Crippen LogP contribution in [0.25, 0.3) is 0 Å². The molecule has 1 atom stereocenters. The Morgan fingerprint density at radius 2 is 2.29 bits per heavy atom. The average molecular weight is 260 g/mol. The summed E-state index contributed by atoms with van der Waals surface area (Å²) in [4.78, 5) is 11.6. The molecule has 0 heterocycles. The molecule has 0 fully saturated rings. The number of hydrogen-bond acceptors (Lipinski definition) is 2. The number of amides is 1. The van der Waals surface area contributed by atoms with Gasteiger partial charge in [-0.3, -0.25) is 4.79 Å². The lowest BCUT2D eigenvalue weighted by Gasteiger charge is -2.08. The molecule has 0 saturated carbocycles. The third-order valence-corrected chi connectivity index (χ3v) is 2.91. The predicted molar refractivity (Wildman–Crippen MR) is 64.9 cm³/mol. The summed E-state index contributed by atoms with van der Waals surface area (Å²) in [6.45, 7) is 2.36. The molecule has 0 spiro atoms. The molecule has 3 nitrogen and oxygen atoms in total. The van der Waals surface area contributed by atoms with Crippen molar-refractivity contribution in [3.8, 4) is 5.75 Å². The number of phenolic OH excluding ortho intramolecular Hbond substituents is 1. The van der Waals surface area contributed by atoms with Crippen LogP contribution in [-0.2, 0) is 0 Å². The van der Waals surface area contributed by atoms with Gasteiger partial charge < -0.3 is 10.4 Å². The Balaban J connectivity index is 2.52. The summed E-state index contributed by atoms with van der Waals surface area (Å²) in [6, 6.07) is 3.43. The fourth-order valence-corrected chi connectivity index (χ4v) is 1.44. The summed E-state index contributed by atoms with van der Waals surface area (Å²) >= 11 is 5.89. The number of rotatable bonds is 5. The minimum atomic E-state index is -0.736. The fourth-order valence-electron chi connectivity index (χ4n) is 1.33. The fraction of sp³-hybridized carbons (Fsp3) is 0.417. The zero-order valence-corrected chi connectivity index (χ0v) is 10.3. The smallest absolute Gasteiger partial charge is 0.254 e. The number of hydrogen-bond donors (Lipinski definition) is 2. The molecular formula is C12H15ClFNO2. The Labute approximate surface area is 105 Å². The summed E-state index contributed by atoms with van der Waals surface area (Å²) in [6.07, 6.45) is 1.47. The molecule has 1 unspecified atom stereocenters. The molecule has 2 N–H and O–H groups in total. The van der Waals surface area contributed by atoms with E-state index in [1.807, 2.05) is 6.92 Å². The summed E-state index contributed by atoms with van der Waals surface area (Å²) < 4.78 is 13.3. The molecule has 1 aromatic rings. The summed E-state index contributed by atoms with van der Waals surface area (Å²) in [5, 5.41) is 11.6. The van der Waals surface area contributed by atoms with E-state index in [0.717, 1.165) is 12.5 Å². The highest BCUT2D eigenvalue weighted by atomic mass is 35.5. The van der Waals surface area contributed by atoms with Crippen LogP contribution < -0.4 is 5.32 Å². The second-order valence-corrected chi connectivity index (χ2v) is 4.33. The Morgan fingerprint density at radius 3 is 2.88 bits per heavy atom. The van der Waals surface area contributed by atoms with Crippen LogP contribution in [0.1, 0.15) is 30.1 Å². The van der Waals surface area contributed by atoms with E-state index < -0.39 is 11.7 Å². The monoisotopic (exact) mass is 259 g/mol. The maximum Gasteiger partial charge on any atom is 0.254 e. The van der Waals surface area contributed by atoms with Gasteiger partial charge in [0, 0.05) is 18.0 Å². The van der Waals surface area contributed by atoms with Crippen LogP contribution >= 0.6 is 11.6 Å². The van der Waals surface area contributed by atoms with E-state index in [9.17, 15) is 9.18 Å². The summed E-state index contributed by atoms with van der Waals surface area (Å²) in [5.41, 5.74) is -0.0783. The summed E-state index contributed by atoms with van der Waals surface area (Å²) in [7, 11) is 0. The number of alkyl halides is 1. The Kier molecular flexibility index (Phi) is 5.22. The van der Waals surface area contributed by atoms with E-state index in [-0.39, 0.29) is 16.7 Å². The van der Waals surface area contributed by atoms with Crippen molar-refractivity contribution in [1.29, 1.82) is 0 Å². The zero-order valence-electron chi connectivity index (χ0n) is 9.54. The van der Waals surface area contributed by atoms with E-state index >= 15 is 0 Å². The second-order valence-electron chi connectivity index (χ2n) is 3.71. The third-order valence-electron chi connectivity index (χ3n) is 2.38. The maximum absolute atomic E-state index is 13.3. The van der Waals surface area contributed by atoms with Crippen molar-refractivity contribution in [2.45, 2.75) is 25.1 Å². The first-order valence-corrected chi connectivity index (χ1v) is 5.89. The van der Waals surface area contributed by atoms with Crippen LogP contribution in [-0.4, -0.2) is 22.9 Å². The van der Waals surface area contributed by atoms with Gasteiger partial charge in [0.2, 0.25) is 0 Å². The lowest BCUT2D eigenvalue weighted by molar-refractivity contribution is 0.0949. The van der Waals surface area contributed by atoms with Gasteiger partial charge in [-0.15, -0.1) is 11.6 Å². The highest BCUT2D eigenvalue weighted by Crippen LogP contribution is 2.14. The van der Waals surface area contributed by atoms with Gasteiger partial charge in [-0.2, -0.15) is 0 Å². The Hall–Kier alpha value is -1.29. The molecule has 0 saturated heterocycles. The molecule has 0 aliphatic carbocycles. The van der Waals surface area contributed by atoms with Gasteiger partial charge >= 0.3 is 0 Å². The highest BCUT2D eigenvalue weighted by molar-refractivity contribution is 6.20. The normalized spacial score (nSPS) is 12.2. The van der Waals surface area contributed by atoms with Crippen LogP contribution in [0.2, 0.25) is 0 Å². The minimum absolute atomic E-state index is 0.0139. The highest BCUT2D eigenvalue weighted by Gasteiger charge is 2.12.